The number of fused-ring (bicyclic) bond motifs is 1. The number of rotatable bonds is 5. The number of nitrogens with zero attached hydrogens (tertiary/aromatic N) is 1. The lowest BCUT2D eigenvalue weighted by Gasteiger charge is -2.27. The molecule has 0 unspecified atom stereocenters. The van der Waals surface area contributed by atoms with Gasteiger partial charge in [0.25, 0.3) is 0 Å². The standard InChI is InChI=1S/C18H20N2O2S2/c1-13(2)11-19-18(23)20(12-15-4-3-9-24-15)14-5-6-16-17(10-14)22-8-7-21-16/h3-6,9-10H,1,7-8,11-12H2,2H3,(H,19,23). The van der Waals surface area contributed by atoms with Crippen LogP contribution in [0.3, 0.4) is 0 Å². The average molecular weight is 361 g/mol. The number of hydrogen-bond donors (Lipinski definition) is 1. The monoisotopic (exact) mass is 360 g/mol. The Kier molecular flexibility index (Phi) is 5.37. The normalized spacial score (nSPS) is 12.5. The molecule has 0 spiro atoms. The summed E-state index contributed by atoms with van der Waals surface area (Å²) in [5, 5.41) is 6.00. The molecule has 24 heavy (non-hydrogen) atoms. The Morgan fingerprint density at radius 1 is 1.29 bits per heavy atom. The first-order valence-electron chi connectivity index (χ1n) is 7.75. The molecule has 6 heteroatoms. The Bertz CT molecular complexity index is 729. The van der Waals surface area contributed by atoms with E-state index in [0.29, 0.717) is 31.4 Å². The van der Waals surface area contributed by atoms with Crippen molar-refractivity contribution in [2.45, 2.75) is 13.5 Å². The van der Waals surface area contributed by atoms with Crippen molar-refractivity contribution < 1.29 is 9.47 Å². The largest absolute Gasteiger partial charge is 0.486 e. The molecule has 0 aliphatic carbocycles. The van der Waals surface area contributed by atoms with Crippen molar-refractivity contribution in [3.63, 3.8) is 0 Å². The van der Waals surface area contributed by atoms with E-state index in [0.717, 1.165) is 22.8 Å². The van der Waals surface area contributed by atoms with Crippen LogP contribution in [0.5, 0.6) is 11.5 Å². The van der Waals surface area contributed by atoms with E-state index in [9.17, 15) is 0 Å². The number of anilines is 1. The predicted molar refractivity (Wildman–Crippen MR) is 103 cm³/mol. The van der Waals surface area contributed by atoms with E-state index in [4.69, 9.17) is 21.7 Å². The van der Waals surface area contributed by atoms with Gasteiger partial charge >= 0.3 is 0 Å². The third kappa shape index (κ3) is 4.07. The minimum absolute atomic E-state index is 0.569. The highest BCUT2D eigenvalue weighted by Crippen LogP contribution is 2.34. The molecule has 1 N–H and O–H groups in total. The summed E-state index contributed by atoms with van der Waals surface area (Å²) in [4.78, 5) is 3.31. The van der Waals surface area contributed by atoms with Crippen molar-refractivity contribution in [3.8, 4) is 11.5 Å². The highest BCUT2D eigenvalue weighted by Gasteiger charge is 2.18. The van der Waals surface area contributed by atoms with E-state index in [-0.39, 0.29) is 0 Å². The number of benzene rings is 1. The third-order valence-corrected chi connectivity index (χ3v) is 4.74. The molecule has 1 aliphatic rings. The van der Waals surface area contributed by atoms with Gasteiger partial charge in [-0.1, -0.05) is 18.2 Å². The predicted octanol–water partition coefficient (Wildman–Crippen LogP) is 3.98. The van der Waals surface area contributed by atoms with Crippen molar-refractivity contribution in [1.29, 1.82) is 0 Å². The van der Waals surface area contributed by atoms with Crippen molar-refractivity contribution >= 4 is 34.4 Å². The molecule has 3 rings (SSSR count). The van der Waals surface area contributed by atoms with Crippen LogP contribution in [-0.2, 0) is 6.54 Å². The first kappa shape index (κ1) is 16.8. The molecule has 1 aromatic heterocycles. The molecule has 0 saturated carbocycles. The lowest BCUT2D eigenvalue weighted by molar-refractivity contribution is 0.171. The second-order valence-corrected chi connectivity index (χ2v) is 7.03. The molecule has 4 nitrogen and oxygen atoms in total. The van der Waals surface area contributed by atoms with Gasteiger partial charge in [0.2, 0.25) is 0 Å². The Labute approximate surface area is 151 Å². The topological polar surface area (TPSA) is 33.7 Å². The van der Waals surface area contributed by atoms with Crippen LogP contribution < -0.4 is 19.7 Å². The van der Waals surface area contributed by atoms with Crippen LogP contribution in [0.25, 0.3) is 0 Å². The third-order valence-electron chi connectivity index (χ3n) is 3.52. The number of thiophene rings is 1. The molecule has 0 amide bonds. The van der Waals surface area contributed by atoms with Crippen LogP contribution in [0.4, 0.5) is 5.69 Å². The summed E-state index contributed by atoms with van der Waals surface area (Å²) in [5.74, 6) is 1.54. The number of hydrogen-bond acceptors (Lipinski definition) is 4. The SMILES string of the molecule is C=C(C)CNC(=S)N(Cc1cccs1)c1ccc2c(c1)OCCO2. The van der Waals surface area contributed by atoms with Gasteiger partial charge in [-0.2, -0.15) is 0 Å². The molecule has 0 fully saturated rings. The number of thiocarbonyl (C=S) groups is 1. The van der Waals surface area contributed by atoms with Gasteiger partial charge in [0.15, 0.2) is 16.6 Å². The number of ether oxygens (including phenoxy) is 2. The zero-order chi connectivity index (χ0) is 16.9. The minimum Gasteiger partial charge on any atom is -0.486 e. The summed E-state index contributed by atoms with van der Waals surface area (Å²) in [7, 11) is 0. The molecule has 0 saturated heterocycles. The average Bonchev–Trinajstić information content (AvgIpc) is 3.10. The Morgan fingerprint density at radius 3 is 2.79 bits per heavy atom. The van der Waals surface area contributed by atoms with E-state index < -0.39 is 0 Å². The molecule has 0 atom stereocenters. The second-order valence-electron chi connectivity index (χ2n) is 5.61. The number of nitrogens with one attached hydrogen (secondary N) is 1. The first-order valence-corrected chi connectivity index (χ1v) is 9.04. The lowest BCUT2D eigenvalue weighted by atomic mass is 10.2. The Morgan fingerprint density at radius 2 is 2.08 bits per heavy atom. The smallest absolute Gasteiger partial charge is 0.174 e. The quantitative estimate of drug-likeness (QED) is 0.644. The van der Waals surface area contributed by atoms with Crippen LogP contribution in [0.1, 0.15) is 11.8 Å². The van der Waals surface area contributed by atoms with Gasteiger partial charge in [0.05, 0.1) is 6.54 Å². The molecular weight excluding hydrogens is 340 g/mol. The fourth-order valence-electron chi connectivity index (χ4n) is 2.36. The summed E-state index contributed by atoms with van der Waals surface area (Å²) in [6, 6.07) is 10.1. The molecule has 2 aromatic rings. The molecule has 1 aliphatic heterocycles. The summed E-state index contributed by atoms with van der Waals surface area (Å²) >= 11 is 7.32. The zero-order valence-electron chi connectivity index (χ0n) is 13.6. The van der Waals surface area contributed by atoms with Crippen LogP contribution in [0, 0.1) is 0 Å². The van der Waals surface area contributed by atoms with E-state index in [1.165, 1.54) is 4.88 Å². The van der Waals surface area contributed by atoms with E-state index in [2.05, 4.69) is 28.2 Å². The maximum atomic E-state index is 5.70. The van der Waals surface area contributed by atoms with Crippen LogP contribution in [-0.4, -0.2) is 24.9 Å². The highest BCUT2D eigenvalue weighted by molar-refractivity contribution is 7.80. The van der Waals surface area contributed by atoms with Gasteiger partial charge in [0, 0.05) is 23.2 Å². The van der Waals surface area contributed by atoms with Gasteiger partial charge < -0.3 is 19.7 Å². The van der Waals surface area contributed by atoms with E-state index >= 15 is 0 Å². The maximum Gasteiger partial charge on any atom is 0.174 e. The minimum atomic E-state index is 0.569. The summed E-state index contributed by atoms with van der Waals surface area (Å²) < 4.78 is 11.3. The van der Waals surface area contributed by atoms with E-state index in [1.54, 1.807) is 11.3 Å². The Hall–Kier alpha value is -2.05. The van der Waals surface area contributed by atoms with Gasteiger partial charge in [-0.15, -0.1) is 11.3 Å². The van der Waals surface area contributed by atoms with Crippen LogP contribution >= 0.6 is 23.6 Å². The summed E-state index contributed by atoms with van der Waals surface area (Å²) in [6.07, 6.45) is 0. The lowest BCUT2D eigenvalue weighted by Crippen LogP contribution is -2.40. The maximum absolute atomic E-state index is 5.70. The van der Waals surface area contributed by atoms with Gasteiger partial charge in [-0.25, -0.2) is 0 Å². The van der Waals surface area contributed by atoms with Gasteiger partial charge in [-0.05, 0) is 42.7 Å². The van der Waals surface area contributed by atoms with Gasteiger partial charge in [-0.3, -0.25) is 0 Å². The van der Waals surface area contributed by atoms with Crippen molar-refractivity contribution in [1.82, 2.24) is 5.32 Å². The Balaban J connectivity index is 1.85. The summed E-state index contributed by atoms with van der Waals surface area (Å²) in [6.45, 7) is 8.41. The molecule has 1 aromatic carbocycles. The van der Waals surface area contributed by atoms with Gasteiger partial charge in [0.1, 0.15) is 13.2 Å². The molecule has 0 radical (unpaired) electrons. The van der Waals surface area contributed by atoms with E-state index in [1.807, 2.05) is 31.2 Å². The first-order chi connectivity index (χ1) is 11.6. The van der Waals surface area contributed by atoms with Crippen LogP contribution in [0.15, 0.2) is 47.9 Å². The fourth-order valence-corrected chi connectivity index (χ4v) is 3.30. The van der Waals surface area contributed by atoms with Crippen LogP contribution in [0.2, 0.25) is 0 Å². The molecule has 2 heterocycles. The second kappa shape index (κ2) is 7.68. The molecular formula is C18H20N2O2S2. The van der Waals surface area contributed by atoms with Crippen molar-refractivity contribution in [2.75, 3.05) is 24.7 Å². The zero-order valence-corrected chi connectivity index (χ0v) is 15.2. The fraction of sp³-hybridized carbons (Fsp3) is 0.278. The molecule has 0 bridgehead atoms. The summed E-state index contributed by atoms with van der Waals surface area (Å²) in [5.41, 5.74) is 2.02. The van der Waals surface area contributed by atoms with Crippen molar-refractivity contribution in [3.05, 3.63) is 52.7 Å². The highest BCUT2D eigenvalue weighted by atomic mass is 32.1. The van der Waals surface area contributed by atoms with Crippen molar-refractivity contribution in [2.24, 2.45) is 0 Å². The molecule has 126 valence electrons.